The van der Waals surface area contributed by atoms with Crippen LogP contribution in [0.25, 0.3) is 0 Å². The van der Waals surface area contributed by atoms with Gasteiger partial charge in [-0.2, -0.15) is 0 Å². The topological polar surface area (TPSA) is 49.4 Å². The molecule has 1 fully saturated rings. The van der Waals surface area contributed by atoms with Crippen molar-refractivity contribution < 1.29 is 12.8 Å². The molecular formula is C12H16ClFN2O2S. The molecule has 2 rings (SSSR count). The third-order valence-corrected chi connectivity index (χ3v) is 5.48. The molecule has 1 heterocycles. The Bertz CT molecular complexity index is 559. The van der Waals surface area contributed by atoms with Gasteiger partial charge < -0.3 is 5.32 Å². The highest BCUT2D eigenvalue weighted by molar-refractivity contribution is 7.88. The van der Waals surface area contributed by atoms with Gasteiger partial charge in [0.1, 0.15) is 5.82 Å². The molecule has 4 nitrogen and oxygen atoms in total. The van der Waals surface area contributed by atoms with E-state index in [4.69, 9.17) is 11.6 Å². The maximum Gasteiger partial charge on any atom is 0.218 e. The van der Waals surface area contributed by atoms with E-state index in [0.717, 1.165) is 13.0 Å². The lowest BCUT2D eigenvalue weighted by Crippen LogP contribution is -2.39. The van der Waals surface area contributed by atoms with E-state index in [0.29, 0.717) is 12.1 Å². The molecule has 106 valence electrons. The second-order valence-corrected chi connectivity index (χ2v) is 7.10. The van der Waals surface area contributed by atoms with E-state index < -0.39 is 15.8 Å². The first kappa shape index (κ1) is 14.7. The van der Waals surface area contributed by atoms with Gasteiger partial charge >= 0.3 is 0 Å². The van der Waals surface area contributed by atoms with Crippen molar-refractivity contribution in [2.75, 3.05) is 20.1 Å². The van der Waals surface area contributed by atoms with E-state index in [2.05, 4.69) is 5.32 Å². The summed E-state index contributed by atoms with van der Waals surface area (Å²) in [7, 11) is -1.83. The van der Waals surface area contributed by atoms with E-state index in [1.54, 1.807) is 7.05 Å². The first-order valence-electron chi connectivity index (χ1n) is 6.00. The quantitative estimate of drug-likeness (QED) is 0.919. The number of hydrogen-bond donors (Lipinski definition) is 1. The highest BCUT2D eigenvalue weighted by Crippen LogP contribution is 2.20. The van der Waals surface area contributed by atoms with Gasteiger partial charge in [-0.3, -0.25) is 0 Å². The van der Waals surface area contributed by atoms with Gasteiger partial charge in [-0.1, -0.05) is 17.7 Å². The van der Waals surface area contributed by atoms with Crippen LogP contribution in [0.5, 0.6) is 0 Å². The lowest BCUT2D eigenvalue weighted by molar-refractivity contribution is 0.387. The molecule has 0 spiro atoms. The van der Waals surface area contributed by atoms with Crippen molar-refractivity contribution >= 4 is 21.6 Å². The van der Waals surface area contributed by atoms with Gasteiger partial charge in [-0.25, -0.2) is 17.1 Å². The Kier molecular flexibility index (Phi) is 4.45. The zero-order chi connectivity index (χ0) is 14.0. The summed E-state index contributed by atoms with van der Waals surface area (Å²) in [4.78, 5) is 0. The molecule has 0 aromatic heterocycles. The number of sulfonamides is 1. The highest BCUT2D eigenvalue weighted by atomic mass is 35.5. The molecular weight excluding hydrogens is 291 g/mol. The van der Waals surface area contributed by atoms with Crippen molar-refractivity contribution in [1.29, 1.82) is 0 Å². The summed E-state index contributed by atoms with van der Waals surface area (Å²) in [5, 5.41) is 3.07. The molecule has 7 heteroatoms. The number of hydrogen-bond acceptors (Lipinski definition) is 3. The van der Waals surface area contributed by atoms with Crippen molar-refractivity contribution in [3.63, 3.8) is 0 Å². The molecule has 1 aliphatic rings. The van der Waals surface area contributed by atoms with Crippen LogP contribution in [0.1, 0.15) is 12.0 Å². The van der Waals surface area contributed by atoms with Gasteiger partial charge in [0.15, 0.2) is 0 Å². The minimum atomic E-state index is -3.41. The van der Waals surface area contributed by atoms with Gasteiger partial charge in [-0.15, -0.1) is 0 Å². The Hall–Kier alpha value is -0.690. The Morgan fingerprint density at radius 3 is 2.84 bits per heavy atom. The Morgan fingerprint density at radius 2 is 2.26 bits per heavy atom. The van der Waals surface area contributed by atoms with Gasteiger partial charge in [0.05, 0.1) is 10.8 Å². The molecule has 1 saturated heterocycles. The SMILES string of the molecule is CN(C1CCNC1)S(=O)(=O)Cc1ccc(F)c(Cl)c1. The summed E-state index contributed by atoms with van der Waals surface area (Å²) < 4.78 is 38.9. The lowest BCUT2D eigenvalue weighted by Gasteiger charge is -2.23. The largest absolute Gasteiger partial charge is 0.315 e. The molecule has 0 saturated carbocycles. The van der Waals surface area contributed by atoms with Crippen LogP contribution in [0.3, 0.4) is 0 Å². The van der Waals surface area contributed by atoms with Gasteiger partial charge in [-0.05, 0) is 30.7 Å². The fourth-order valence-electron chi connectivity index (χ4n) is 2.12. The summed E-state index contributed by atoms with van der Waals surface area (Å²) in [5.41, 5.74) is 0.490. The van der Waals surface area contributed by atoms with Crippen LogP contribution in [0.2, 0.25) is 5.02 Å². The number of rotatable bonds is 4. The van der Waals surface area contributed by atoms with Crippen LogP contribution in [-0.2, 0) is 15.8 Å². The molecule has 1 aromatic carbocycles. The normalized spacial score (nSPS) is 20.1. The zero-order valence-electron chi connectivity index (χ0n) is 10.6. The van der Waals surface area contributed by atoms with Crippen LogP contribution in [0, 0.1) is 5.82 Å². The van der Waals surface area contributed by atoms with Crippen molar-refractivity contribution in [1.82, 2.24) is 9.62 Å². The summed E-state index contributed by atoms with van der Waals surface area (Å²) in [6, 6.07) is 3.97. The standard InChI is InChI=1S/C12H16ClFN2O2S/c1-16(10-4-5-15-7-10)19(17,18)8-9-2-3-12(14)11(13)6-9/h2-3,6,10,15H,4-5,7-8H2,1H3. The molecule has 1 aliphatic heterocycles. The van der Waals surface area contributed by atoms with E-state index >= 15 is 0 Å². The Balaban J connectivity index is 2.13. The van der Waals surface area contributed by atoms with Crippen LogP contribution < -0.4 is 5.32 Å². The van der Waals surface area contributed by atoms with Gasteiger partial charge in [0.25, 0.3) is 0 Å². The van der Waals surface area contributed by atoms with Crippen LogP contribution in [-0.4, -0.2) is 38.9 Å². The van der Waals surface area contributed by atoms with Crippen molar-refractivity contribution in [2.24, 2.45) is 0 Å². The van der Waals surface area contributed by atoms with E-state index in [-0.39, 0.29) is 16.8 Å². The Morgan fingerprint density at radius 1 is 1.53 bits per heavy atom. The van der Waals surface area contributed by atoms with E-state index in [9.17, 15) is 12.8 Å². The average molecular weight is 307 g/mol. The summed E-state index contributed by atoms with van der Waals surface area (Å²) in [6.45, 7) is 1.49. The molecule has 1 atom stereocenters. The fourth-order valence-corrected chi connectivity index (χ4v) is 3.76. The Labute approximate surface area is 117 Å². The lowest BCUT2D eigenvalue weighted by atomic mass is 10.2. The molecule has 0 aliphatic carbocycles. The van der Waals surface area contributed by atoms with Crippen LogP contribution in [0.15, 0.2) is 18.2 Å². The number of likely N-dealkylation sites (N-methyl/N-ethyl adjacent to an activating group) is 1. The van der Waals surface area contributed by atoms with Gasteiger partial charge in [0, 0.05) is 19.6 Å². The van der Waals surface area contributed by atoms with Crippen LogP contribution >= 0.6 is 11.6 Å². The number of halogens is 2. The molecule has 0 amide bonds. The molecule has 0 radical (unpaired) electrons. The summed E-state index contributed by atoms with van der Waals surface area (Å²) >= 11 is 5.66. The number of nitrogens with one attached hydrogen (secondary N) is 1. The van der Waals surface area contributed by atoms with E-state index in [1.807, 2.05) is 0 Å². The predicted molar refractivity (Wildman–Crippen MR) is 73.1 cm³/mol. The van der Waals surface area contributed by atoms with Crippen molar-refractivity contribution in [3.8, 4) is 0 Å². The van der Waals surface area contributed by atoms with E-state index in [1.165, 1.54) is 22.5 Å². The monoisotopic (exact) mass is 306 g/mol. The smallest absolute Gasteiger partial charge is 0.218 e. The van der Waals surface area contributed by atoms with Crippen molar-refractivity contribution in [2.45, 2.75) is 18.2 Å². The minimum absolute atomic E-state index is 0.0130. The number of nitrogens with zero attached hydrogens (tertiary/aromatic N) is 1. The fraction of sp³-hybridized carbons (Fsp3) is 0.500. The van der Waals surface area contributed by atoms with Crippen molar-refractivity contribution in [3.05, 3.63) is 34.6 Å². The first-order valence-corrected chi connectivity index (χ1v) is 7.99. The summed E-state index contributed by atoms with van der Waals surface area (Å²) in [6.07, 6.45) is 0.805. The maximum absolute atomic E-state index is 13.0. The third kappa shape index (κ3) is 3.45. The molecule has 19 heavy (non-hydrogen) atoms. The zero-order valence-corrected chi connectivity index (χ0v) is 12.1. The minimum Gasteiger partial charge on any atom is -0.315 e. The summed E-state index contributed by atoms with van der Waals surface area (Å²) in [5.74, 6) is -0.712. The average Bonchev–Trinajstić information content (AvgIpc) is 2.86. The second-order valence-electron chi connectivity index (χ2n) is 4.67. The van der Waals surface area contributed by atoms with Gasteiger partial charge in [0.2, 0.25) is 10.0 Å². The first-order chi connectivity index (χ1) is 8.90. The predicted octanol–water partition coefficient (Wildman–Crippen LogP) is 1.60. The molecule has 1 N–H and O–H groups in total. The third-order valence-electron chi connectivity index (χ3n) is 3.32. The second kappa shape index (κ2) is 5.75. The molecule has 1 unspecified atom stereocenters. The molecule has 1 aromatic rings. The maximum atomic E-state index is 13.0. The number of benzene rings is 1. The molecule has 0 bridgehead atoms. The van der Waals surface area contributed by atoms with Crippen LogP contribution in [0.4, 0.5) is 4.39 Å². The highest BCUT2D eigenvalue weighted by Gasteiger charge is 2.28.